The number of carbonyl (C=O) groups is 1. The van der Waals surface area contributed by atoms with E-state index < -0.39 is 36.8 Å². The van der Waals surface area contributed by atoms with E-state index in [1.807, 2.05) is 0 Å². The molecule has 1 fully saturated rings. The lowest BCUT2D eigenvalue weighted by Crippen LogP contribution is -2.51. The molecule has 2 rings (SSSR count). The van der Waals surface area contributed by atoms with Gasteiger partial charge in [0.1, 0.15) is 0 Å². The van der Waals surface area contributed by atoms with Gasteiger partial charge < -0.3 is 15.4 Å². The molecule has 1 saturated carbocycles. The number of nitrogens with zero attached hydrogens (tertiary/aromatic N) is 2. The number of halogens is 5. The molecule has 0 unspecified atom stereocenters. The number of amides is 2. The lowest BCUT2D eigenvalue weighted by molar-refractivity contribution is -0.198. The van der Waals surface area contributed by atoms with Crippen LogP contribution >= 0.6 is 0 Å². The van der Waals surface area contributed by atoms with Crippen molar-refractivity contribution < 1.29 is 31.5 Å². The second-order valence-corrected chi connectivity index (χ2v) is 4.94. The molecule has 0 saturated heterocycles. The molecule has 2 amide bonds. The zero-order valence-electron chi connectivity index (χ0n) is 11.6. The van der Waals surface area contributed by atoms with Crippen LogP contribution in [0.5, 0.6) is 6.01 Å². The molecule has 0 bridgehead atoms. The summed E-state index contributed by atoms with van der Waals surface area (Å²) in [6.45, 7) is -3.18. The highest BCUT2D eigenvalue weighted by molar-refractivity contribution is 5.74. The van der Waals surface area contributed by atoms with Crippen molar-refractivity contribution in [2.45, 2.75) is 38.2 Å². The fourth-order valence-electron chi connectivity index (χ4n) is 2.02. The summed E-state index contributed by atoms with van der Waals surface area (Å²) in [6.07, 6.45) is -3.37. The summed E-state index contributed by atoms with van der Waals surface area (Å²) in [7, 11) is 0. The second-order valence-electron chi connectivity index (χ2n) is 4.94. The van der Waals surface area contributed by atoms with Gasteiger partial charge in [-0.2, -0.15) is 26.9 Å². The fourth-order valence-corrected chi connectivity index (χ4v) is 2.02. The van der Waals surface area contributed by atoms with Gasteiger partial charge in [0, 0.05) is 12.2 Å². The second kappa shape index (κ2) is 6.92. The topological polar surface area (TPSA) is 76.1 Å². The van der Waals surface area contributed by atoms with E-state index >= 15 is 0 Å². The first-order valence-electron chi connectivity index (χ1n) is 6.62. The van der Waals surface area contributed by atoms with Crippen molar-refractivity contribution in [1.29, 1.82) is 0 Å². The molecule has 1 aromatic rings. The van der Waals surface area contributed by atoms with Crippen LogP contribution in [0.2, 0.25) is 0 Å². The summed E-state index contributed by atoms with van der Waals surface area (Å²) in [5, 5.41) is 4.76. The van der Waals surface area contributed by atoms with Crippen molar-refractivity contribution in [3.05, 3.63) is 18.0 Å². The molecule has 11 heteroatoms. The van der Waals surface area contributed by atoms with Gasteiger partial charge in [0.15, 0.2) is 0 Å². The molecule has 2 N–H and O–H groups in total. The number of alkyl halides is 5. The van der Waals surface area contributed by atoms with E-state index in [0.717, 1.165) is 0 Å². The first kappa shape index (κ1) is 17.2. The highest BCUT2D eigenvalue weighted by atomic mass is 19.4. The predicted octanol–water partition coefficient (Wildman–Crippen LogP) is 2.22. The minimum absolute atomic E-state index is 0.108. The van der Waals surface area contributed by atoms with Gasteiger partial charge in [-0.15, -0.1) is 0 Å². The van der Waals surface area contributed by atoms with Crippen LogP contribution in [-0.2, 0) is 6.54 Å². The first-order chi connectivity index (χ1) is 10.7. The SMILES string of the molecule is O=C(NCc1ccnc(OC(F)F)n1)NC1CC(C(F)(F)F)C1. The van der Waals surface area contributed by atoms with Crippen molar-refractivity contribution in [2.24, 2.45) is 5.92 Å². The molecule has 0 atom stereocenters. The smallest absolute Gasteiger partial charge is 0.391 e. The third-order valence-corrected chi connectivity index (χ3v) is 3.25. The van der Waals surface area contributed by atoms with Crippen LogP contribution in [0.3, 0.4) is 0 Å². The summed E-state index contributed by atoms with van der Waals surface area (Å²) in [6, 6.07) is -0.358. The Balaban J connectivity index is 1.73. The molecule has 1 aromatic heterocycles. The van der Waals surface area contributed by atoms with Gasteiger partial charge >= 0.3 is 24.8 Å². The van der Waals surface area contributed by atoms with Crippen LogP contribution in [0.1, 0.15) is 18.5 Å². The molecule has 0 aromatic carbocycles. The van der Waals surface area contributed by atoms with Crippen LogP contribution in [0.4, 0.5) is 26.7 Å². The molecule has 1 aliphatic rings. The van der Waals surface area contributed by atoms with E-state index in [-0.39, 0.29) is 25.1 Å². The average molecular weight is 340 g/mol. The largest absolute Gasteiger partial charge is 0.401 e. The molecule has 0 spiro atoms. The third kappa shape index (κ3) is 5.18. The maximum absolute atomic E-state index is 12.3. The zero-order valence-corrected chi connectivity index (χ0v) is 11.6. The zero-order chi connectivity index (χ0) is 17.0. The fraction of sp³-hybridized carbons (Fsp3) is 0.583. The molecule has 1 heterocycles. The normalized spacial score (nSPS) is 20.8. The van der Waals surface area contributed by atoms with Crippen LogP contribution in [0.25, 0.3) is 0 Å². The molecule has 128 valence electrons. The van der Waals surface area contributed by atoms with Gasteiger partial charge in [0.25, 0.3) is 0 Å². The molecule has 0 radical (unpaired) electrons. The maximum Gasteiger partial charge on any atom is 0.391 e. The van der Waals surface area contributed by atoms with E-state index in [1.54, 1.807) is 0 Å². The number of nitrogens with one attached hydrogen (secondary N) is 2. The molecule has 6 nitrogen and oxygen atoms in total. The van der Waals surface area contributed by atoms with Crippen LogP contribution in [0.15, 0.2) is 12.3 Å². The predicted molar refractivity (Wildman–Crippen MR) is 66.6 cm³/mol. The summed E-state index contributed by atoms with van der Waals surface area (Å²) < 4.78 is 64.9. The number of aromatic nitrogens is 2. The average Bonchev–Trinajstić information content (AvgIpc) is 2.38. The highest BCUT2D eigenvalue weighted by Gasteiger charge is 2.48. The number of ether oxygens (including phenoxy) is 1. The standard InChI is InChI=1S/C12H13F5N4O2/c13-9(14)23-11-18-2-1-7(21-11)5-19-10(22)20-8-3-6(4-8)12(15,16)17/h1-2,6,8-9H,3-5H2,(H2,19,20,22). The Bertz CT molecular complexity index is 548. The van der Waals surface area contributed by atoms with Gasteiger partial charge in [-0.1, -0.05) is 0 Å². The van der Waals surface area contributed by atoms with Gasteiger partial charge in [-0.3, -0.25) is 0 Å². The van der Waals surface area contributed by atoms with Gasteiger partial charge in [-0.25, -0.2) is 9.78 Å². The summed E-state index contributed by atoms with van der Waals surface area (Å²) >= 11 is 0. The highest BCUT2D eigenvalue weighted by Crippen LogP contribution is 2.40. The Labute approximate surface area is 127 Å². The monoisotopic (exact) mass is 340 g/mol. The number of hydrogen-bond acceptors (Lipinski definition) is 4. The van der Waals surface area contributed by atoms with Crippen LogP contribution in [-0.4, -0.2) is 34.8 Å². The van der Waals surface area contributed by atoms with E-state index in [9.17, 15) is 26.7 Å². The number of hydrogen-bond donors (Lipinski definition) is 2. The molecule has 23 heavy (non-hydrogen) atoms. The molecular formula is C12H13F5N4O2. The number of carbonyl (C=O) groups excluding carboxylic acids is 1. The molecule has 1 aliphatic carbocycles. The molecule has 0 aliphatic heterocycles. The first-order valence-corrected chi connectivity index (χ1v) is 6.62. The van der Waals surface area contributed by atoms with Crippen LogP contribution < -0.4 is 15.4 Å². The summed E-state index contributed by atoms with van der Waals surface area (Å²) in [5.41, 5.74) is 0.215. The van der Waals surface area contributed by atoms with Gasteiger partial charge in [0.2, 0.25) is 0 Å². The quantitative estimate of drug-likeness (QED) is 0.806. The lowest BCUT2D eigenvalue weighted by Gasteiger charge is -2.36. The van der Waals surface area contributed by atoms with Crippen molar-refractivity contribution in [2.75, 3.05) is 0 Å². The van der Waals surface area contributed by atoms with Crippen molar-refractivity contribution in [3.8, 4) is 6.01 Å². The van der Waals surface area contributed by atoms with Crippen molar-refractivity contribution >= 4 is 6.03 Å². The lowest BCUT2D eigenvalue weighted by atomic mass is 9.80. The minimum Gasteiger partial charge on any atom is -0.401 e. The minimum atomic E-state index is -4.24. The molecular weight excluding hydrogens is 327 g/mol. The van der Waals surface area contributed by atoms with E-state index in [4.69, 9.17) is 0 Å². The van der Waals surface area contributed by atoms with Gasteiger partial charge in [0.05, 0.1) is 18.2 Å². The van der Waals surface area contributed by atoms with Gasteiger partial charge in [-0.05, 0) is 18.9 Å². The van der Waals surface area contributed by atoms with E-state index in [1.165, 1.54) is 12.3 Å². The Kier molecular flexibility index (Phi) is 5.16. The maximum atomic E-state index is 12.3. The Hall–Kier alpha value is -2.20. The number of urea groups is 1. The van der Waals surface area contributed by atoms with E-state index in [0.29, 0.717) is 0 Å². The van der Waals surface area contributed by atoms with Crippen molar-refractivity contribution in [1.82, 2.24) is 20.6 Å². The summed E-state index contributed by atoms with van der Waals surface area (Å²) in [4.78, 5) is 18.6. The Morgan fingerprint density at radius 2 is 2.09 bits per heavy atom. The third-order valence-electron chi connectivity index (χ3n) is 3.25. The number of rotatable bonds is 5. The Morgan fingerprint density at radius 1 is 1.39 bits per heavy atom. The Morgan fingerprint density at radius 3 is 2.70 bits per heavy atom. The van der Waals surface area contributed by atoms with Crippen LogP contribution in [0, 0.1) is 5.92 Å². The summed E-state index contributed by atoms with van der Waals surface area (Å²) in [5.74, 6) is -1.39. The van der Waals surface area contributed by atoms with E-state index in [2.05, 4.69) is 25.3 Å². The van der Waals surface area contributed by atoms with Crippen molar-refractivity contribution in [3.63, 3.8) is 0 Å².